The molecule has 0 atom stereocenters. The third-order valence-electron chi connectivity index (χ3n) is 3.29. The molecule has 1 heterocycles. The lowest BCUT2D eigenvalue weighted by atomic mass is 10.2. The molecule has 0 unspecified atom stereocenters. The molecule has 0 saturated carbocycles. The third kappa shape index (κ3) is 4.96. The van der Waals surface area contributed by atoms with Gasteiger partial charge in [0.25, 0.3) is 0 Å². The number of halogens is 1. The Labute approximate surface area is 145 Å². The molecule has 0 aliphatic heterocycles. The highest BCUT2D eigenvalue weighted by molar-refractivity contribution is 6.31. The van der Waals surface area contributed by atoms with Gasteiger partial charge >= 0.3 is 0 Å². The Balaban J connectivity index is 1.91. The van der Waals surface area contributed by atoms with Crippen molar-refractivity contribution in [3.05, 3.63) is 52.8 Å². The molecule has 0 saturated heterocycles. The van der Waals surface area contributed by atoms with Crippen LogP contribution in [0.3, 0.4) is 0 Å². The van der Waals surface area contributed by atoms with Gasteiger partial charge in [0.05, 0.1) is 12.8 Å². The van der Waals surface area contributed by atoms with Gasteiger partial charge in [0, 0.05) is 30.0 Å². The molecule has 1 aromatic carbocycles. The number of amides is 2. The van der Waals surface area contributed by atoms with E-state index in [9.17, 15) is 9.59 Å². The molecule has 2 aromatic rings. The quantitative estimate of drug-likeness (QED) is 0.787. The van der Waals surface area contributed by atoms with Crippen LogP contribution in [0.5, 0.6) is 5.75 Å². The number of carbonyl (C=O) groups excluding carboxylic acids is 2. The molecule has 126 valence electrons. The van der Waals surface area contributed by atoms with E-state index in [1.54, 1.807) is 30.6 Å². The Hall–Kier alpha value is -2.60. The van der Waals surface area contributed by atoms with Gasteiger partial charge in [0.1, 0.15) is 12.2 Å². The van der Waals surface area contributed by atoms with Gasteiger partial charge < -0.3 is 15.4 Å². The minimum atomic E-state index is -0.432. The Bertz CT molecular complexity index is 735. The van der Waals surface area contributed by atoms with E-state index in [4.69, 9.17) is 16.3 Å². The van der Waals surface area contributed by atoms with E-state index in [-0.39, 0.29) is 12.3 Å². The van der Waals surface area contributed by atoms with Gasteiger partial charge in [-0.05, 0) is 30.2 Å². The maximum atomic E-state index is 12.0. The summed E-state index contributed by atoms with van der Waals surface area (Å²) >= 11 is 6.02. The number of nitrogens with one attached hydrogen (secondary N) is 2. The van der Waals surface area contributed by atoms with Crippen LogP contribution in [-0.4, -0.2) is 23.9 Å². The molecule has 0 spiro atoms. The van der Waals surface area contributed by atoms with Crippen molar-refractivity contribution in [2.75, 3.05) is 12.4 Å². The van der Waals surface area contributed by atoms with E-state index >= 15 is 0 Å². The number of carbonyl (C=O) groups is 2. The molecule has 2 N–H and O–H groups in total. The molecular formula is C17H18ClN3O3. The molecule has 7 heteroatoms. The van der Waals surface area contributed by atoms with Crippen molar-refractivity contribution >= 4 is 29.1 Å². The molecule has 6 nitrogen and oxygen atoms in total. The zero-order chi connectivity index (χ0) is 17.5. The first kappa shape index (κ1) is 17.7. The fourth-order valence-corrected chi connectivity index (χ4v) is 2.19. The number of aromatic nitrogens is 1. The molecule has 1 aromatic heterocycles. The van der Waals surface area contributed by atoms with Crippen molar-refractivity contribution in [2.45, 2.75) is 19.9 Å². The first-order valence-corrected chi connectivity index (χ1v) is 7.67. The van der Waals surface area contributed by atoms with Crippen molar-refractivity contribution in [1.82, 2.24) is 10.3 Å². The highest BCUT2D eigenvalue weighted by Crippen LogP contribution is 2.30. The van der Waals surface area contributed by atoms with Crippen LogP contribution in [0.4, 0.5) is 5.69 Å². The smallest absolute Gasteiger partial charge is 0.233 e. The van der Waals surface area contributed by atoms with Crippen molar-refractivity contribution < 1.29 is 14.3 Å². The standard InChI is InChI=1S/C17H18ClN3O3/c1-11-6-14(15(24-2)7-13(11)18)21-17(23)8-16(22)20-10-12-4-3-5-19-9-12/h3-7,9H,8,10H2,1-2H3,(H,20,22)(H,21,23). The van der Waals surface area contributed by atoms with Crippen LogP contribution in [0.2, 0.25) is 5.02 Å². The second-order valence-electron chi connectivity index (χ2n) is 5.16. The summed E-state index contributed by atoms with van der Waals surface area (Å²) in [6.07, 6.45) is 3.02. The topological polar surface area (TPSA) is 80.3 Å². The largest absolute Gasteiger partial charge is 0.495 e. The Morgan fingerprint density at radius 2 is 2.08 bits per heavy atom. The van der Waals surface area contributed by atoms with E-state index < -0.39 is 5.91 Å². The van der Waals surface area contributed by atoms with Crippen molar-refractivity contribution in [3.8, 4) is 5.75 Å². The van der Waals surface area contributed by atoms with Gasteiger partial charge in [0.15, 0.2) is 0 Å². The monoisotopic (exact) mass is 347 g/mol. The number of methoxy groups -OCH3 is 1. The maximum absolute atomic E-state index is 12.0. The molecule has 24 heavy (non-hydrogen) atoms. The van der Waals surface area contributed by atoms with Gasteiger partial charge in [-0.25, -0.2) is 0 Å². The normalized spacial score (nSPS) is 10.1. The predicted molar refractivity (Wildman–Crippen MR) is 92.1 cm³/mol. The summed E-state index contributed by atoms with van der Waals surface area (Å²) in [6, 6.07) is 6.94. The lowest BCUT2D eigenvalue weighted by Crippen LogP contribution is -2.27. The number of ether oxygens (including phenoxy) is 1. The lowest BCUT2D eigenvalue weighted by Gasteiger charge is -2.12. The highest BCUT2D eigenvalue weighted by atomic mass is 35.5. The molecule has 0 aliphatic carbocycles. The van der Waals surface area contributed by atoms with E-state index in [2.05, 4.69) is 15.6 Å². The molecule has 0 fully saturated rings. The number of rotatable bonds is 6. The summed E-state index contributed by atoms with van der Waals surface area (Å²) in [7, 11) is 1.48. The van der Waals surface area contributed by atoms with Crippen molar-refractivity contribution in [2.24, 2.45) is 0 Å². The summed E-state index contributed by atoms with van der Waals surface area (Å²) < 4.78 is 5.19. The van der Waals surface area contributed by atoms with Gasteiger partial charge in [-0.15, -0.1) is 0 Å². The fraction of sp³-hybridized carbons (Fsp3) is 0.235. The number of hydrogen-bond donors (Lipinski definition) is 2. The zero-order valence-corrected chi connectivity index (χ0v) is 14.2. The average molecular weight is 348 g/mol. The number of benzene rings is 1. The molecule has 0 bridgehead atoms. The molecule has 2 rings (SSSR count). The highest BCUT2D eigenvalue weighted by Gasteiger charge is 2.13. The van der Waals surface area contributed by atoms with Crippen LogP contribution in [-0.2, 0) is 16.1 Å². The van der Waals surface area contributed by atoms with Crippen LogP contribution in [0.15, 0.2) is 36.7 Å². The van der Waals surface area contributed by atoms with Gasteiger partial charge in [-0.1, -0.05) is 17.7 Å². The summed E-state index contributed by atoms with van der Waals surface area (Å²) in [6.45, 7) is 2.14. The molecular weight excluding hydrogens is 330 g/mol. The fourth-order valence-electron chi connectivity index (χ4n) is 2.04. The van der Waals surface area contributed by atoms with Crippen molar-refractivity contribution in [1.29, 1.82) is 0 Å². The maximum Gasteiger partial charge on any atom is 0.233 e. The second kappa shape index (κ2) is 8.31. The van der Waals surface area contributed by atoms with E-state index in [0.29, 0.717) is 23.0 Å². The van der Waals surface area contributed by atoms with Crippen LogP contribution < -0.4 is 15.4 Å². The number of anilines is 1. The van der Waals surface area contributed by atoms with Crippen molar-refractivity contribution in [3.63, 3.8) is 0 Å². The van der Waals surface area contributed by atoms with E-state index in [1.165, 1.54) is 7.11 Å². The average Bonchev–Trinajstić information content (AvgIpc) is 2.57. The molecule has 0 aliphatic rings. The van der Waals surface area contributed by atoms with E-state index in [0.717, 1.165) is 11.1 Å². The minimum Gasteiger partial charge on any atom is -0.495 e. The Morgan fingerprint density at radius 1 is 1.29 bits per heavy atom. The molecule has 2 amide bonds. The van der Waals surface area contributed by atoms with Crippen LogP contribution in [0.25, 0.3) is 0 Å². The van der Waals surface area contributed by atoms with Gasteiger partial charge in [-0.2, -0.15) is 0 Å². The lowest BCUT2D eigenvalue weighted by molar-refractivity contribution is -0.126. The zero-order valence-electron chi connectivity index (χ0n) is 13.4. The molecule has 0 radical (unpaired) electrons. The summed E-state index contributed by atoms with van der Waals surface area (Å²) in [4.78, 5) is 27.8. The number of hydrogen-bond acceptors (Lipinski definition) is 4. The van der Waals surface area contributed by atoms with Crippen LogP contribution in [0, 0.1) is 6.92 Å². The van der Waals surface area contributed by atoms with Gasteiger partial charge in [0.2, 0.25) is 11.8 Å². The van der Waals surface area contributed by atoms with Crippen LogP contribution >= 0.6 is 11.6 Å². The Kier molecular flexibility index (Phi) is 6.14. The second-order valence-corrected chi connectivity index (χ2v) is 5.57. The predicted octanol–water partition coefficient (Wildman–Crippen LogP) is 2.70. The third-order valence-corrected chi connectivity index (χ3v) is 3.70. The summed E-state index contributed by atoms with van der Waals surface area (Å²) in [5.41, 5.74) is 2.14. The van der Waals surface area contributed by atoms with Gasteiger partial charge in [-0.3, -0.25) is 14.6 Å². The Morgan fingerprint density at radius 3 is 2.75 bits per heavy atom. The van der Waals surface area contributed by atoms with E-state index in [1.807, 2.05) is 13.0 Å². The first-order valence-electron chi connectivity index (χ1n) is 7.29. The number of pyridine rings is 1. The minimum absolute atomic E-state index is 0.287. The SMILES string of the molecule is COc1cc(Cl)c(C)cc1NC(=O)CC(=O)NCc1cccnc1. The summed E-state index contributed by atoms with van der Waals surface area (Å²) in [5, 5.41) is 5.88. The summed E-state index contributed by atoms with van der Waals surface area (Å²) in [5.74, 6) is -0.366. The number of aryl methyl sites for hydroxylation is 1. The number of nitrogens with zero attached hydrogens (tertiary/aromatic N) is 1. The first-order chi connectivity index (χ1) is 11.5. The van der Waals surface area contributed by atoms with Crippen LogP contribution in [0.1, 0.15) is 17.5 Å².